The van der Waals surface area contributed by atoms with E-state index in [1.165, 1.54) is 5.56 Å². The number of hydrogen-bond acceptors (Lipinski definition) is 2. The Bertz CT molecular complexity index is 357. The molecule has 0 spiro atoms. The van der Waals surface area contributed by atoms with Crippen LogP contribution in [0, 0.1) is 5.92 Å². The van der Waals surface area contributed by atoms with Gasteiger partial charge in [-0.1, -0.05) is 28.1 Å². The second-order valence-electron chi connectivity index (χ2n) is 3.86. The Kier molecular flexibility index (Phi) is 3.07. The Hall–Kier alpha value is -0.870. The zero-order chi connectivity index (χ0) is 10.8. The van der Waals surface area contributed by atoms with Gasteiger partial charge in [-0.25, -0.2) is 0 Å². The fourth-order valence-electron chi connectivity index (χ4n) is 1.70. The van der Waals surface area contributed by atoms with Crippen LogP contribution in [0.1, 0.15) is 5.56 Å². The highest BCUT2D eigenvalue weighted by Gasteiger charge is 2.31. The van der Waals surface area contributed by atoms with Crippen LogP contribution in [-0.4, -0.2) is 29.1 Å². The Balaban J connectivity index is 1.85. The number of nitrogens with zero attached hydrogens (tertiary/aromatic N) is 1. The molecule has 0 radical (unpaired) electrons. The van der Waals surface area contributed by atoms with E-state index in [9.17, 15) is 4.79 Å². The molecule has 0 bridgehead atoms. The molecular formula is C11H12BrNO2. The van der Waals surface area contributed by atoms with Crippen LogP contribution in [0.2, 0.25) is 0 Å². The third-order valence-electron chi connectivity index (χ3n) is 2.63. The highest BCUT2D eigenvalue weighted by atomic mass is 79.9. The molecule has 0 unspecified atom stereocenters. The van der Waals surface area contributed by atoms with Crippen molar-refractivity contribution < 1.29 is 9.90 Å². The van der Waals surface area contributed by atoms with Gasteiger partial charge in [0.2, 0.25) is 0 Å². The van der Waals surface area contributed by atoms with Crippen LogP contribution in [0.25, 0.3) is 0 Å². The van der Waals surface area contributed by atoms with Gasteiger partial charge < -0.3 is 5.11 Å². The molecule has 1 aromatic rings. The maximum atomic E-state index is 10.6. The molecule has 1 aliphatic rings. The first-order valence-corrected chi connectivity index (χ1v) is 5.64. The van der Waals surface area contributed by atoms with Crippen molar-refractivity contribution in [2.75, 3.05) is 13.1 Å². The normalized spacial score (nSPS) is 17.4. The maximum Gasteiger partial charge on any atom is 0.309 e. The van der Waals surface area contributed by atoms with E-state index in [1.54, 1.807) is 0 Å². The molecule has 1 fully saturated rings. The lowest BCUT2D eigenvalue weighted by Gasteiger charge is -2.36. The highest BCUT2D eigenvalue weighted by Crippen LogP contribution is 2.19. The van der Waals surface area contributed by atoms with Crippen molar-refractivity contribution in [3.63, 3.8) is 0 Å². The highest BCUT2D eigenvalue weighted by molar-refractivity contribution is 9.10. The van der Waals surface area contributed by atoms with Gasteiger partial charge in [-0.15, -0.1) is 0 Å². The predicted octanol–water partition coefficient (Wildman–Crippen LogP) is 1.97. The molecule has 0 amide bonds. The second kappa shape index (κ2) is 4.33. The zero-order valence-corrected chi connectivity index (χ0v) is 9.77. The van der Waals surface area contributed by atoms with Gasteiger partial charge >= 0.3 is 5.97 Å². The first kappa shape index (κ1) is 10.6. The summed E-state index contributed by atoms with van der Waals surface area (Å²) in [7, 11) is 0. The SMILES string of the molecule is O=C(O)C1CN(Cc2ccc(Br)cc2)C1. The summed E-state index contributed by atoms with van der Waals surface area (Å²) in [6.45, 7) is 2.19. The molecule has 1 saturated heterocycles. The minimum atomic E-state index is -0.679. The number of hydrogen-bond donors (Lipinski definition) is 1. The summed E-state index contributed by atoms with van der Waals surface area (Å²) in [5, 5.41) is 8.72. The molecule has 0 saturated carbocycles. The standard InChI is InChI=1S/C11H12BrNO2/c12-10-3-1-8(2-4-10)5-13-6-9(7-13)11(14)15/h1-4,9H,5-7H2,(H,14,15). The summed E-state index contributed by atoms with van der Waals surface area (Å²) in [6.07, 6.45) is 0. The molecule has 15 heavy (non-hydrogen) atoms. The largest absolute Gasteiger partial charge is 0.481 e. The fourth-order valence-corrected chi connectivity index (χ4v) is 1.97. The van der Waals surface area contributed by atoms with E-state index in [0.29, 0.717) is 13.1 Å². The van der Waals surface area contributed by atoms with Crippen molar-refractivity contribution in [2.45, 2.75) is 6.54 Å². The summed E-state index contributed by atoms with van der Waals surface area (Å²) >= 11 is 3.38. The van der Waals surface area contributed by atoms with Gasteiger partial charge in [0.25, 0.3) is 0 Å². The Morgan fingerprint density at radius 2 is 2.00 bits per heavy atom. The van der Waals surface area contributed by atoms with Gasteiger partial charge in [0.1, 0.15) is 0 Å². The molecule has 80 valence electrons. The third-order valence-corrected chi connectivity index (χ3v) is 3.15. The van der Waals surface area contributed by atoms with Crippen molar-refractivity contribution in [1.82, 2.24) is 4.90 Å². The predicted molar refractivity (Wildman–Crippen MR) is 60.5 cm³/mol. The molecule has 4 heteroatoms. The summed E-state index contributed by atoms with van der Waals surface area (Å²) in [6, 6.07) is 8.12. The number of benzene rings is 1. The molecule has 2 rings (SSSR count). The number of halogens is 1. The van der Waals surface area contributed by atoms with Crippen LogP contribution in [0.3, 0.4) is 0 Å². The molecular weight excluding hydrogens is 258 g/mol. The van der Waals surface area contributed by atoms with Crippen LogP contribution < -0.4 is 0 Å². The lowest BCUT2D eigenvalue weighted by Crippen LogP contribution is -2.49. The molecule has 1 N–H and O–H groups in total. The van der Waals surface area contributed by atoms with Crippen LogP contribution in [0.4, 0.5) is 0 Å². The minimum absolute atomic E-state index is 0.166. The smallest absolute Gasteiger partial charge is 0.309 e. The van der Waals surface area contributed by atoms with E-state index < -0.39 is 5.97 Å². The average molecular weight is 270 g/mol. The van der Waals surface area contributed by atoms with E-state index in [1.807, 2.05) is 12.1 Å². The monoisotopic (exact) mass is 269 g/mol. The van der Waals surface area contributed by atoms with Crippen molar-refractivity contribution >= 4 is 21.9 Å². The van der Waals surface area contributed by atoms with Gasteiger partial charge in [0.05, 0.1) is 5.92 Å². The molecule has 0 atom stereocenters. The van der Waals surface area contributed by atoms with Gasteiger partial charge in [-0.05, 0) is 17.7 Å². The van der Waals surface area contributed by atoms with Crippen molar-refractivity contribution in [1.29, 1.82) is 0 Å². The van der Waals surface area contributed by atoms with Gasteiger partial charge in [0, 0.05) is 24.1 Å². The number of carboxylic acid groups (broad SMARTS) is 1. The fraction of sp³-hybridized carbons (Fsp3) is 0.364. The molecule has 1 aliphatic heterocycles. The Morgan fingerprint density at radius 3 is 2.53 bits per heavy atom. The molecule has 0 aromatic heterocycles. The van der Waals surface area contributed by atoms with E-state index in [2.05, 4.69) is 33.0 Å². The third kappa shape index (κ3) is 2.58. The van der Waals surface area contributed by atoms with Gasteiger partial charge in [0.15, 0.2) is 0 Å². The zero-order valence-electron chi connectivity index (χ0n) is 8.19. The number of carbonyl (C=O) groups is 1. The maximum absolute atomic E-state index is 10.6. The van der Waals surface area contributed by atoms with Crippen LogP contribution in [0.15, 0.2) is 28.7 Å². The van der Waals surface area contributed by atoms with Crippen LogP contribution in [0.5, 0.6) is 0 Å². The summed E-state index contributed by atoms with van der Waals surface area (Å²) in [5.74, 6) is -0.845. The first-order valence-electron chi connectivity index (χ1n) is 4.85. The number of likely N-dealkylation sites (tertiary alicyclic amines) is 1. The molecule has 0 aliphatic carbocycles. The van der Waals surface area contributed by atoms with E-state index in [4.69, 9.17) is 5.11 Å². The Morgan fingerprint density at radius 1 is 1.40 bits per heavy atom. The van der Waals surface area contributed by atoms with E-state index in [-0.39, 0.29) is 5.92 Å². The number of carboxylic acids is 1. The Labute approximate surface area is 96.8 Å². The molecule has 1 aromatic carbocycles. The van der Waals surface area contributed by atoms with E-state index >= 15 is 0 Å². The lowest BCUT2D eigenvalue weighted by molar-refractivity contribution is -0.147. The van der Waals surface area contributed by atoms with E-state index in [0.717, 1.165) is 11.0 Å². The molecule has 3 nitrogen and oxygen atoms in total. The lowest BCUT2D eigenvalue weighted by atomic mass is 10.00. The average Bonchev–Trinajstić information content (AvgIpc) is 2.13. The number of aliphatic carboxylic acids is 1. The van der Waals surface area contributed by atoms with Crippen LogP contribution >= 0.6 is 15.9 Å². The van der Waals surface area contributed by atoms with Crippen LogP contribution in [-0.2, 0) is 11.3 Å². The topological polar surface area (TPSA) is 40.5 Å². The molecule has 1 heterocycles. The van der Waals surface area contributed by atoms with Crippen molar-refractivity contribution in [3.05, 3.63) is 34.3 Å². The summed E-state index contributed by atoms with van der Waals surface area (Å²) in [5.41, 5.74) is 1.22. The van der Waals surface area contributed by atoms with Crippen molar-refractivity contribution in [3.8, 4) is 0 Å². The van der Waals surface area contributed by atoms with Gasteiger partial charge in [-0.2, -0.15) is 0 Å². The quantitative estimate of drug-likeness (QED) is 0.912. The second-order valence-corrected chi connectivity index (χ2v) is 4.77. The summed E-state index contributed by atoms with van der Waals surface area (Å²) < 4.78 is 1.07. The summed E-state index contributed by atoms with van der Waals surface area (Å²) in [4.78, 5) is 12.7. The van der Waals surface area contributed by atoms with Crippen molar-refractivity contribution in [2.24, 2.45) is 5.92 Å². The number of rotatable bonds is 3. The van der Waals surface area contributed by atoms with Gasteiger partial charge in [-0.3, -0.25) is 9.69 Å². The minimum Gasteiger partial charge on any atom is -0.481 e. The first-order chi connectivity index (χ1) is 7.15.